The van der Waals surface area contributed by atoms with Gasteiger partial charge in [0.25, 0.3) is 0 Å². The lowest BCUT2D eigenvalue weighted by Gasteiger charge is -2.49. The number of aldehydes is 1. The largest absolute Gasteiger partial charge is 0.462 e. The second kappa shape index (κ2) is 2.63. The van der Waals surface area contributed by atoms with Gasteiger partial charge in [-0.25, -0.2) is 0 Å². The van der Waals surface area contributed by atoms with E-state index in [-0.39, 0.29) is 28.8 Å². The van der Waals surface area contributed by atoms with Crippen LogP contribution in [0.3, 0.4) is 0 Å². The third-order valence-corrected chi connectivity index (χ3v) is 4.39. The smallest absolute Gasteiger partial charge is 0.309 e. The maximum Gasteiger partial charge on any atom is 0.309 e. The average Bonchev–Trinajstić information content (AvgIpc) is 2.27. The summed E-state index contributed by atoms with van der Waals surface area (Å²) in [6, 6.07) is 0. The monoisotopic (exact) mass is 208 g/mol. The lowest BCUT2D eigenvalue weighted by atomic mass is 9.53. The Labute approximate surface area is 89.2 Å². The Kier molecular flexibility index (Phi) is 1.64. The van der Waals surface area contributed by atoms with Crippen LogP contribution in [0, 0.1) is 16.7 Å². The van der Waals surface area contributed by atoms with Crippen molar-refractivity contribution in [3.8, 4) is 0 Å². The second-order valence-electron chi connectivity index (χ2n) is 6.04. The fraction of sp³-hybridized carbons (Fsp3) is 0.833. The number of hydrogen-bond acceptors (Lipinski definition) is 3. The molecule has 2 heterocycles. The van der Waals surface area contributed by atoms with E-state index < -0.39 is 0 Å². The molecule has 0 aromatic carbocycles. The van der Waals surface area contributed by atoms with Crippen LogP contribution in [0.1, 0.15) is 39.0 Å². The molecular formula is C12H16O3. The normalized spacial score (nSPS) is 52.5. The van der Waals surface area contributed by atoms with Gasteiger partial charge in [0.1, 0.15) is 12.4 Å². The SMILES string of the molecule is CC12CC3CC(C=O)(CC(C1)C(=O)O3)C2. The van der Waals surface area contributed by atoms with E-state index in [2.05, 4.69) is 6.92 Å². The predicted octanol–water partition coefficient (Wildman–Crippen LogP) is 1.70. The minimum atomic E-state index is -0.257. The highest BCUT2D eigenvalue weighted by Crippen LogP contribution is 2.59. The molecule has 4 atom stereocenters. The first-order valence-electron chi connectivity index (χ1n) is 5.71. The lowest BCUT2D eigenvalue weighted by Crippen LogP contribution is -2.45. The van der Waals surface area contributed by atoms with Crippen molar-refractivity contribution >= 4 is 12.3 Å². The molecule has 0 aromatic heterocycles. The van der Waals surface area contributed by atoms with E-state index in [1.54, 1.807) is 0 Å². The quantitative estimate of drug-likeness (QED) is 0.486. The zero-order valence-corrected chi connectivity index (χ0v) is 8.99. The molecule has 0 spiro atoms. The molecule has 4 unspecified atom stereocenters. The Bertz CT molecular complexity index is 338. The van der Waals surface area contributed by atoms with E-state index in [0.29, 0.717) is 0 Å². The van der Waals surface area contributed by atoms with Crippen LogP contribution in [0.5, 0.6) is 0 Å². The Balaban J connectivity index is 2.06. The molecule has 0 N–H and O–H groups in total. The summed E-state index contributed by atoms with van der Waals surface area (Å²) in [5, 5.41) is 0. The molecule has 2 saturated heterocycles. The van der Waals surface area contributed by atoms with Crippen molar-refractivity contribution in [2.75, 3.05) is 0 Å². The van der Waals surface area contributed by atoms with Gasteiger partial charge in [-0.3, -0.25) is 4.79 Å². The molecule has 4 fully saturated rings. The molecule has 0 aromatic rings. The third-order valence-electron chi connectivity index (χ3n) is 4.39. The van der Waals surface area contributed by atoms with Crippen molar-refractivity contribution < 1.29 is 14.3 Å². The summed E-state index contributed by atoms with van der Waals surface area (Å²) in [7, 11) is 0. The summed E-state index contributed by atoms with van der Waals surface area (Å²) in [5.41, 5.74) is -0.106. The Morgan fingerprint density at radius 3 is 2.87 bits per heavy atom. The van der Waals surface area contributed by atoms with Gasteiger partial charge in [0, 0.05) is 5.41 Å². The summed E-state index contributed by atoms with van der Waals surface area (Å²) in [5.74, 6) is -0.0893. The van der Waals surface area contributed by atoms with Gasteiger partial charge >= 0.3 is 5.97 Å². The van der Waals surface area contributed by atoms with E-state index in [4.69, 9.17) is 4.74 Å². The number of ether oxygens (including phenoxy) is 1. The van der Waals surface area contributed by atoms with Crippen molar-refractivity contribution in [2.24, 2.45) is 16.7 Å². The van der Waals surface area contributed by atoms with Crippen LogP contribution < -0.4 is 0 Å². The Morgan fingerprint density at radius 1 is 1.33 bits per heavy atom. The van der Waals surface area contributed by atoms with Crippen LogP contribution >= 0.6 is 0 Å². The highest BCUT2D eigenvalue weighted by Gasteiger charge is 2.57. The van der Waals surface area contributed by atoms with E-state index in [0.717, 1.165) is 38.4 Å². The molecule has 3 nitrogen and oxygen atoms in total. The first kappa shape index (κ1) is 9.37. The standard InChI is InChI=1S/C12H16O3/c1-11-2-8-3-12(6-11,7-13)5-9(4-11)15-10(8)14/h7-9H,2-6H2,1H3. The lowest BCUT2D eigenvalue weighted by molar-refractivity contribution is -0.151. The molecule has 15 heavy (non-hydrogen) atoms. The fourth-order valence-corrected chi connectivity index (χ4v) is 4.19. The van der Waals surface area contributed by atoms with Crippen molar-refractivity contribution in [1.82, 2.24) is 0 Å². The van der Waals surface area contributed by atoms with Crippen molar-refractivity contribution in [2.45, 2.75) is 45.1 Å². The molecule has 4 aliphatic rings. The van der Waals surface area contributed by atoms with Gasteiger partial charge in [0.05, 0.1) is 5.92 Å². The van der Waals surface area contributed by atoms with Gasteiger partial charge in [-0.1, -0.05) is 6.92 Å². The highest BCUT2D eigenvalue weighted by atomic mass is 16.5. The van der Waals surface area contributed by atoms with Gasteiger partial charge < -0.3 is 9.53 Å². The van der Waals surface area contributed by atoms with Crippen molar-refractivity contribution in [1.29, 1.82) is 0 Å². The van der Waals surface area contributed by atoms with E-state index in [1.807, 2.05) is 0 Å². The molecule has 4 rings (SSSR count). The molecular weight excluding hydrogens is 192 g/mol. The van der Waals surface area contributed by atoms with E-state index in [9.17, 15) is 9.59 Å². The van der Waals surface area contributed by atoms with Crippen LogP contribution in [0.15, 0.2) is 0 Å². The summed E-state index contributed by atoms with van der Waals surface area (Å²) in [6.07, 6.45) is 5.38. The van der Waals surface area contributed by atoms with Crippen LogP contribution in [-0.4, -0.2) is 18.4 Å². The molecule has 0 amide bonds. The van der Waals surface area contributed by atoms with Crippen LogP contribution in [0.2, 0.25) is 0 Å². The molecule has 0 radical (unpaired) electrons. The molecule has 2 aliphatic heterocycles. The number of esters is 1. The summed E-state index contributed by atoms with van der Waals surface area (Å²) in [4.78, 5) is 23.0. The average molecular weight is 208 g/mol. The minimum Gasteiger partial charge on any atom is -0.462 e. The molecule has 2 aliphatic carbocycles. The zero-order chi connectivity index (χ0) is 10.7. The number of carbonyl (C=O) groups excluding carboxylic acids is 2. The number of carbonyl (C=O) groups is 2. The molecule has 4 bridgehead atoms. The minimum absolute atomic E-state index is 0.00560. The number of hydrogen-bond donors (Lipinski definition) is 0. The Hall–Kier alpha value is -0.860. The number of fused-ring (bicyclic) bond motifs is 1. The molecule has 2 saturated carbocycles. The van der Waals surface area contributed by atoms with Crippen LogP contribution in [0.4, 0.5) is 0 Å². The summed E-state index contributed by atoms with van der Waals surface area (Å²) in [6.45, 7) is 2.20. The van der Waals surface area contributed by atoms with Crippen molar-refractivity contribution in [3.63, 3.8) is 0 Å². The Morgan fingerprint density at radius 2 is 2.13 bits per heavy atom. The third kappa shape index (κ3) is 1.25. The van der Waals surface area contributed by atoms with E-state index >= 15 is 0 Å². The van der Waals surface area contributed by atoms with Gasteiger partial charge in [0.2, 0.25) is 0 Å². The van der Waals surface area contributed by atoms with Gasteiger partial charge in [0.15, 0.2) is 0 Å². The zero-order valence-electron chi connectivity index (χ0n) is 8.99. The van der Waals surface area contributed by atoms with Crippen molar-refractivity contribution in [3.05, 3.63) is 0 Å². The maximum atomic E-state index is 11.7. The maximum absolute atomic E-state index is 11.7. The highest BCUT2D eigenvalue weighted by molar-refractivity contribution is 5.76. The predicted molar refractivity (Wildman–Crippen MR) is 53.1 cm³/mol. The van der Waals surface area contributed by atoms with Crippen LogP contribution in [-0.2, 0) is 14.3 Å². The molecule has 82 valence electrons. The van der Waals surface area contributed by atoms with Gasteiger partial charge in [-0.15, -0.1) is 0 Å². The second-order valence-corrected chi connectivity index (χ2v) is 6.04. The van der Waals surface area contributed by atoms with E-state index in [1.165, 1.54) is 0 Å². The van der Waals surface area contributed by atoms with Gasteiger partial charge in [-0.2, -0.15) is 0 Å². The fourth-order valence-electron chi connectivity index (χ4n) is 4.19. The summed E-state index contributed by atoms with van der Waals surface area (Å²) >= 11 is 0. The first-order valence-corrected chi connectivity index (χ1v) is 5.71. The summed E-state index contributed by atoms with van der Waals surface area (Å²) < 4.78 is 5.43. The first-order chi connectivity index (χ1) is 7.04. The van der Waals surface area contributed by atoms with Gasteiger partial charge in [-0.05, 0) is 37.5 Å². The van der Waals surface area contributed by atoms with Crippen LogP contribution in [0.25, 0.3) is 0 Å². The topological polar surface area (TPSA) is 43.4 Å². The molecule has 3 heteroatoms. The number of rotatable bonds is 1.